The van der Waals surface area contributed by atoms with Gasteiger partial charge in [-0.1, -0.05) is 42.5 Å². The van der Waals surface area contributed by atoms with E-state index in [1.807, 2.05) is 42.2 Å². The molecule has 1 fully saturated rings. The van der Waals surface area contributed by atoms with Crippen molar-refractivity contribution in [2.45, 2.75) is 25.9 Å². The van der Waals surface area contributed by atoms with Crippen LogP contribution < -0.4 is 0 Å². The lowest BCUT2D eigenvalue weighted by atomic mass is 10.0. The van der Waals surface area contributed by atoms with Crippen molar-refractivity contribution in [3.63, 3.8) is 0 Å². The first-order chi connectivity index (χ1) is 11.3. The molecule has 2 aromatic rings. The second-order valence-electron chi connectivity index (χ2n) is 5.91. The van der Waals surface area contributed by atoms with E-state index in [-0.39, 0.29) is 12.0 Å². The van der Waals surface area contributed by atoms with Crippen LogP contribution in [0.5, 0.6) is 0 Å². The van der Waals surface area contributed by atoms with Crippen molar-refractivity contribution in [3.05, 3.63) is 54.1 Å². The summed E-state index contributed by atoms with van der Waals surface area (Å²) in [6.07, 6.45) is 5.95. The van der Waals surface area contributed by atoms with Crippen LogP contribution in [0.3, 0.4) is 0 Å². The zero-order valence-corrected chi connectivity index (χ0v) is 13.6. The predicted molar refractivity (Wildman–Crippen MR) is 94.2 cm³/mol. The van der Waals surface area contributed by atoms with Gasteiger partial charge in [0.2, 0.25) is 5.91 Å². The molecule has 1 saturated heterocycles. The van der Waals surface area contributed by atoms with Gasteiger partial charge in [-0.2, -0.15) is 0 Å². The van der Waals surface area contributed by atoms with Crippen LogP contribution in [0.1, 0.15) is 25.3 Å². The first-order valence-electron chi connectivity index (χ1n) is 8.34. The Kier molecular flexibility index (Phi) is 5.09. The van der Waals surface area contributed by atoms with Gasteiger partial charge in [-0.15, -0.1) is 0 Å². The van der Waals surface area contributed by atoms with Crippen LogP contribution in [-0.2, 0) is 9.53 Å². The fourth-order valence-electron chi connectivity index (χ4n) is 3.07. The van der Waals surface area contributed by atoms with Gasteiger partial charge in [-0.25, -0.2) is 0 Å². The molecule has 1 amide bonds. The van der Waals surface area contributed by atoms with Crippen LogP contribution in [0.4, 0.5) is 0 Å². The number of hydrogen-bond donors (Lipinski definition) is 0. The zero-order chi connectivity index (χ0) is 16.1. The fraction of sp³-hybridized carbons (Fsp3) is 0.350. The second-order valence-corrected chi connectivity index (χ2v) is 5.91. The SMILES string of the molecule is CCN(CC1CCCO1)C(=O)/C=C/c1cccc2ccccc12. The molecule has 0 aliphatic carbocycles. The van der Waals surface area contributed by atoms with E-state index < -0.39 is 0 Å². The summed E-state index contributed by atoms with van der Waals surface area (Å²) in [5.41, 5.74) is 1.07. The molecule has 1 unspecified atom stereocenters. The molecule has 0 spiro atoms. The van der Waals surface area contributed by atoms with Crippen molar-refractivity contribution < 1.29 is 9.53 Å². The van der Waals surface area contributed by atoms with Gasteiger partial charge in [0.15, 0.2) is 0 Å². The molecule has 1 aliphatic rings. The van der Waals surface area contributed by atoms with Crippen LogP contribution in [0, 0.1) is 0 Å². The van der Waals surface area contributed by atoms with Crippen LogP contribution in [0.15, 0.2) is 48.5 Å². The average molecular weight is 309 g/mol. The summed E-state index contributed by atoms with van der Waals surface area (Å²) in [6.45, 7) is 4.23. The first kappa shape index (κ1) is 15.8. The van der Waals surface area contributed by atoms with E-state index in [0.29, 0.717) is 13.1 Å². The molecule has 1 aliphatic heterocycles. The van der Waals surface area contributed by atoms with Gasteiger partial charge in [0.1, 0.15) is 0 Å². The van der Waals surface area contributed by atoms with E-state index in [1.165, 1.54) is 10.8 Å². The maximum absolute atomic E-state index is 12.5. The number of rotatable bonds is 5. The summed E-state index contributed by atoms with van der Waals surface area (Å²) in [7, 11) is 0. The molecule has 0 aromatic heterocycles. The van der Waals surface area contributed by atoms with Crippen molar-refractivity contribution >= 4 is 22.8 Å². The molecule has 3 rings (SSSR count). The Morgan fingerprint density at radius 2 is 2.09 bits per heavy atom. The lowest BCUT2D eigenvalue weighted by molar-refractivity contribution is -0.127. The summed E-state index contributed by atoms with van der Waals surface area (Å²) in [6, 6.07) is 14.4. The number of fused-ring (bicyclic) bond motifs is 1. The number of hydrogen-bond acceptors (Lipinski definition) is 2. The monoisotopic (exact) mass is 309 g/mol. The second kappa shape index (κ2) is 7.42. The molecule has 0 N–H and O–H groups in total. The fourth-order valence-corrected chi connectivity index (χ4v) is 3.07. The highest BCUT2D eigenvalue weighted by Gasteiger charge is 2.20. The van der Waals surface area contributed by atoms with E-state index in [0.717, 1.165) is 25.0 Å². The summed E-state index contributed by atoms with van der Waals surface area (Å²) in [5, 5.41) is 2.36. The van der Waals surface area contributed by atoms with Crippen LogP contribution in [0.25, 0.3) is 16.8 Å². The summed E-state index contributed by atoms with van der Waals surface area (Å²) in [5.74, 6) is 0.0518. The van der Waals surface area contributed by atoms with Crippen LogP contribution in [-0.4, -0.2) is 36.6 Å². The Morgan fingerprint density at radius 3 is 2.87 bits per heavy atom. The standard InChI is InChI=1S/C20H23NO2/c1-2-21(15-18-10-6-14-23-18)20(22)13-12-17-9-5-8-16-7-3-4-11-19(16)17/h3-5,7-9,11-13,18H,2,6,10,14-15H2,1H3/b13-12+. The van der Waals surface area contributed by atoms with Crippen LogP contribution in [0.2, 0.25) is 0 Å². The summed E-state index contributed by atoms with van der Waals surface area (Å²) >= 11 is 0. The highest BCUT2D eigenvalue weighted by molar-refractivity contribution is 5.96. The van der Waals surface area contributed by atoms with Gasteiger partial charge >= 0.3 is 0 Å². The van der Waals surface area contributed by atoms with E-state index in [9.17, 15) is 4.79 Å². The highest BCUT2D eigenvalue weighted by atomic mass is 16.5. The topological polar surface area (TPSA) is 29.5 Å². The maximum Gasteiger partial charge on any atom is 0.246 e. The van der Waals surface area contributed by atoms with Gasteiger partial charge < -0.3 is 9.64 Å². The average Bonchev–Trinajstić information content (AvgIpc) is 3.10. The molecule has 23 heavy (non-hydrogen) atoms. The molecule has 3 heteroatoms. The third-order valence-corrected chi connectivity index (χ3v) is 4.37. The summed E-state index contributed by atoms with van der Waals surface area (Å²) in [4.78, 5) is 14.3. The largest absolute Gasteiger partial charge is 0.376 e. The smallest absolute Gasteiger partial charge is 0.246 e. The van der Waals surface area contributed by atoms with Gasteiger partial charge in [0, 0.05) is 25.8 Å². The molecular formula is C20H23NO2. The minimum absolute atomic E-state index is 0.0518. The number of nitrogens with zero attached hydrogens (tertiary/aromatic N) is 1. The Morgan fingerprint density at radius 1 is 1.26 bits per heavy atom. The van der Waals surface area contributed by atoms with Gasteiger partial charge in [0.05, 0.1) is 6.10 Å². The van der Waals surface area contributed by atoms with Crippen molar-refractivity contribution in [3.8, 4) is 0 Å². The minimum atomic E-state index is 0.0518. The first-order valence-corrected chi connectivity index (χ1v) is 8.34. The van der Waals surface area contributed by atoms with Crippen molar-refractivity contribution in [1.82, 2.24) is 4.90 Å². The molecule has 0 bridgehead atoms. The Hall–Kier alpha value is -2.13. The summed E-state index contributed by atoms with van der Waals surface area (Å²) < 4.78 is 5.64. The minimum Gasteiger partial charge on any atom is -0.376 e. The highest BCUT2D eigenvalue weighted by Crippen LogP contribution is 2.20. The zero-order valence-electron chi connectivity index (χ0n) is 13.6. The molecule has 120 valence electrons. The molecule has 0 radical (unpaired) electrons. The number of ether oxygens (including phenoxy) is 1. The normalized spacial score (nSPS) is 17.9. The van der Waals surface area contributed by atoms with Gasteiger partial charge in [-0.3, -0.25) is 4.79 Å². The van der Waals surface area contributed by atoms with E-state index >= 15 is 0 Å². The van der Waals surface area contributed by atoms with Crippen molar-refractivity contribution in [2.24, 2.45) is 0 Å². The molecule has 3 nitrogen and oxygen atoms in total. The number of benzene rings is 2. The number of likely N-dealkylation sites (N-methyl/N-ethyl adjacent to an activating group) is 1. The van der Waals surface area contributed by atoms with Crippen LogP contribution >= 0.6 is 0 Å². The Labute approximate surface area is 137 Å². The lowest BCUT2D eigenvalue weighted by Crippen LogP contribution is -2.36. The van der Waals surface area contributed by atoms with Crippen molar-refractivity contribution in [2.75, 3.05) is 19.7 Å². The third-order valence-electron chi connectivity index (χ3n) is 4.37. The number of carbonyl (C=O) groups excluding carboxylic acids is 1. The van der Waals surface area contributed by atoms with E-state index in [2.05, 4.69) is 18.2 Å². The molecule has 1 heterocycles. The number of carbonyl (C=O) groups is 1. The Balaban J connectivity index is 1.73. The molecule has 2 aromatic carbocycles. The van der Waals surface area contributed by atoms with Gasteiger partial charge in [-0.05, 0) is 42.2 Å². The lowest BCUT2D eigenvalue weighted by Gasteiger charge is -2.22. The molecular weight excluding hydrogens is 286 g/mol. The predicted octanol–water partition coefficient (Wildman–Crippen LogP) is 3.88. The Bertz CT molecular complexity index is 696. The van der Waals surface area contributed by atoms with Crippen molar-refractivity contribution in [1.29, 1.82) is 0 Å². The molecule has 0 saturated carbocycles. The maximum atomic E-state index is 12.5. The quantitative estimate of drug-likeness (QED) is 0.784. The third kappa shape index (κ3) is 3.80. The van der Waals surface area contributed by atoms with E-state index in [1.54, 1.807) is 6.08 Å². The van der Waals surface area contributed by atoms with E-state index in [4.69, 9.17) is 4.74 Å². The number of amides is 1. The van der Waals surface area contributed by atoms with Gasteiger partial charge in [0.25, 0.3) is 0 Å². The molecule has 1 atom stereocenters.